The lowest BCUT2D eigenvalue weighted by atomic mass is 9.87. The van der Waals surface area contributed by atoms with Crippen molar-refractivity contribution >= 4 is 17.5 Å². The smallest absolute Gasteiger partial charge is 0.251 e. The Bertz CT molecular complexity index is 500. The molecule has 1 aliphatic rings. The normalized spacial score (nSPS) is 20.0. The summed E-state index contributed by atoms with van der Waals surface area (Å²) in [5.41, 5.74) is 2.22. The summed E-state index contributed by atoms with van der Waals surface area (Å²) < 4.78 is 0. The van der Waals surface area contributed by atoms with Gasteiger partial charge in [0.2, 0.25) is 5.91 Å². The Morgan fingerprint density at radius 2 is 1.74 bits per heavy atom. The third-order valence-corrected chi connectivity index (χ3v) is 3.47. The minimum Gasteiger partial charge on any atom is -0.373 e. The first kappa shape index (κ1) is 13.6. The van der Waals surface area contributed by atoms with Crippen molar-refractivity contribution in [3.63, 3.8) is 0 Å². The number of rotatable bonds is 2. The first-order chi connectivity index (χ1) is 8.79. The molecule has 1 heterocycles. The molecule has 0 aliphatic carbocycles. The molecule has 0 radical (unpaired) electrons. The Kier molecular flexibility index (Phi) is 3.35. The average molecular weight is 260 g/mol. The summed E-state index contributed by atoms with van der Waals surface area (Å²) in [5, 5.41) is 3.12. The molecule has 1 N–H and O–H groups in total. The van der Waals surface area contributed by atoms with Crippen LogP contribution in [-0.2, 0) is 15.0 Å². The first-order valence-corrected chi connectivity index (χ1v) is 6.46. The fraction of sp³-hybridized carbons (Fsp3) is 0.467. The average Bonchev–Trinajstić information content (AvgIpc) is 2.57. The van der Waals surface area contributed by atoms with Crippen LogP contribution in [-0.4, -0.2) is 29.8 Å². The lowest BCUT2D eigenvalue weighted by Gasteiger charge is -2.20. The number of nitrogens with one attached hydrogen (secondary N) is 1. The van der Waals surface area contributed by atoms with Gasteiger partial charge in [-0.3, -0.25) is 14.5 Å². The number of benzene rings is 1. The van der Waals surface area contributed by atoms with E-state index in [0.717, 1.165) is 5.69 Å². The van der Waals surface area contributed by atoms with E-state index < -0.39 is 6.04 Å². The number of likely N-dealkylation sites (N-methyl/N-ethyl adjacent to an activating group) is 1. The van der Waals surface area contributed by atoms with E-state index in [-0.39, 0.29) is 23.7 Å². The molecule has 1 aromatic carbocycles. The van der Waals surface area contributed by atoms with Crippen molar-refractivity contribution in [2.24, 2.45) is 0 Å². The van der Waals surface area contributed by atoms with Crippen LogP contribution in [0.15, 0.2) is 24.3 Å². The van der Waals surface area contributed by atoms with Gasteiger partial charge in [-0.25, -0.2) is 0 Å². The maximum Gasteiger partial charge on any atom is 0.251 e. The molecule has 1 fully saturated rings. The van der Waals surface area contributed by atoms with Crippen molar-refractivity contribution in [1.29, 1.82) is 0 Å². The molecular weight excluding hydrogens is 240 g/mol. The van der Waals surface area contributed by atoms with Crippen molar-refractivity contribution in [3.8, 4) is 0 Å². The number of carbonyl (C=O) groups excluding carboxylic acids is 2. The van der Waals surface area contributed by atoms with Crippen LogP contribution in [0.2, 0.25) is 0 Å². The van der Waals surface area contributed by atoms with Gasteiger partial charge in [0.1, 0.15) is 6.04 Å². The molecule has 1 saturated heterocycles. The number of imide groups is 1. The minimum absolute atomic E-state index is 0.109. The number of amides is 2. The Hall–Kier alpha value is -1.84. The van der Waals surface area contributed by atoms with Crippen molar-refractivity contribution in [1.82, 2.24) is 4.90 Å². The molecule has 0 saturated carbocycles. The summed E-state index contributed by atoms with van der Waals surface area (Å²) >= 11 is 0. The molecule has 102 valence electrons. The number of hydrogen-bond acceptors (Lipinski definition) is 3. The van der Waals surface area contributed by atoms with E-state index >= 15 is 0 Å². The second-order valence-corrected chi connectivity index (χ2v) is 6.02. The van der Waals surface area contributed by atoms with E-state index in [1.807, 2.05) is 24.3 Å². The molecule has 2 amide bonds. The third kappa shape index (κ3) is 2.78. The standard InChI is InChI=1S/C15H20N2O2/c1-15(2,3)10-5-7-11(8-6-10)16-12-9-13(18)17(4)14(12)19/h5-8,12,16H,9H2,1-4H3/t12-/m0/s1. The highest BCUT2D eigenvalue weighted by molar-refractivity contribution is 6.06. The highest BCUT2D eigenvalue weighted by atomic mass is 16.2. The zero-order valence-corrected chi connectivity index (χ0v) is 11.9. The number of nitrogens with zero attached hydrogens (tertiary/aromatic N) is 1. The number of carbonyl (C=O) groups is 2. The molecule has 0 unspecified atom stereocenters. The zero-order chi connectivity index (χ0) is 14.2. The molecule has 0 spiro atoms. The quantitative estimate of drug-likeness (QED) is 0.829. The lowest BCUT2D eigenvalue weighted by Crippen LogP contribution is -2.31. The van der Waals surface area contributed by atoms with E-state index in [0.29, 0.717) is 0 Å². The molecule has 4 heteroatoms. The summed E-state index contributed by atoms with van der Waals surface area (Å²) in [6.07, 6.45) is 0.232. The Morgan fingerprint density at radius 3 is 2.16 bits per heavy atom. The maximum atomic E-state index is 11.8. The first-order valence-electron chi connectivity index (χ1n) is 6.46. The molecule has 1 atom stereocenters. The summed E-state index contributed by atoms with van der Waals surface area (Å²) in [4.78, 5) is 24.4. The summed E-state index contributed by atoms with van der Waals surface area (Å²) in [6, 6.07) is 7.58. The molecule has 0 bridgehead atoms. The second-order valence-electron chi connectivity index (χ2n) is 6.02. The van der Waals surface area contributed by atoms with Crippen LogP contribution in [0.5, 0.6) is 0 Å². The van der Waals surface area contributed by atoms with Crippen LogP contribution < -0.4 is 5.32 Å². The van der Waals surface area contributed by atoms with Gasteiger partial charge in [0, 0.05) is 12.7 Å². The Morgan fingerprint density at radius 1 is 1.16 bits per heavy atom. The second kappa shape index (κ2) is 4.68. The van der Waals surface area contributed by atoms with Gasteiger partial charge in [0.05, 0.1) is 6.42 Å². The van der Waals surface area contributed by atoms with Crippen LogP contribution in [0.1, 0.15) is 32.8 Å². The molecule has 4 nitrogen and oxygen atoms in total. The fourth-order valence-corrected chi connectivity index (χ4v) is 2.14. The summed E-state index contributed by atoms with van der Waals surface area (Å²) in [6.45, 7) is 6.47. The molecule has 19 heavy (non-hydrogen) atoms. The highest BCUT2D eigenvalue weighted by Gasteiger charge is 2.35. The minimum atomic E-state index is -0.432. The monoisotopic (exact) mass is 260 g/mol. The van der Waals surface area contributed by atoms with E-state index in [4.69, 9.17) is 0 Å². The summed E-state index contributed by atoms with van der Waals surface area (Å²) in [7, 11) is 1.52. The fourth-order valence-electron chi connectivity index (χ4n) is 2.14. The van der Waals surface area contributed by atoms with Crippen molar-refractivity contribution in [3.05, 3.63) is 29.8 Å². The lowest BCUT2D eigenvalue weighted by molar-refractivity contribution is -0.136. The zero-order valence-electron chi connectivity index (χ0n) is 11.9. The van der Waals surface area contributed by atoms with Gasteiger partial charge >= 0.3 is 0 Å². The van der Waals surface area contributed by atoms with E-state index in [9.17, 15) is 9.59 Å². The van der Waals surface area contributed by atoms with E-state index in [1.54, 1.807) is 0 Å². The van der Waals surface area contributed by atoms with Crippen LogP contribution in [0.3, 0.4) is 0 Å². The van der Waals surface area contributed by atoms with Crippen molar-refractivity contribution in [2.75, 3.05) is 12.4 Å². The number of anilines is 1. The van der Waals surface area contributed by atoms with Gasteiger partial charge in [-0.15, -0.1) is 0 Å². The Balaban J connectivity index is 2.09. The van der Waals surface area contributed by atoms with Crippen LogP contribution in [0.4, 0.5) is 5.69 Å². The van der Waals surface area contributed by atoms with Crippen molar-refractivity contribution < 1.29 is 9.59 Å². The highest BCUT2D eigenvalue weighted by Crippen LogP contribution is 2.24. The van der Waals surface area contributed by atoms with Gasteiger partial charge in [0.25, 0.3) is 5.91 Å². The van der Waals surface area contributed by atoms with Gasteiger partial charge < -0.3 is 5.32 Å². The molecule has 1 aromatic rings. The topological polar surface area (TPSA) is 49.4 Å². The SMILES string of the molecule is CN1C(=O)C[C@H](Nc2ccc(C(C)(C)C)cc2)C1=O. The molecule has 0 aromatic heterocycles. The van der Waals surface area contributed by atoms with Crippen LogP contribution in [0, 0.1) is 0 Å². The van der Waals surface area contributed by atoms with E-state index in [1.165, 1.54) is 17.5 Å². The maximum absolute atomic E-state index is 11.8. The predicted octanol–water partition coefficient (Wildman–Crippen LogP) is 2.15. The van der Waals surface area contributed by atoms with Gasteiger partial charge in [0.15, 0.2) is 0 Å². The van der Waals surface area contributed by atoms with Gasteiger partial charge in [-0.1, -0.05) is 32.9 Å². The molecular formula is C15H20N2O2. The predicted molar refractivity (Wildman–Crippen MR) is 74.9 cm³/mol. The van der Waals surface area contributed by atoms with Gasteiger partial charge in [-0.05, 0) is 23.1 Å². The number of likely N-dealkylation sites (tertiary alicyclic amines) is 1. The number of hydrogen-bond donors (Lipinski definition) is 1. The Labute approximate surface area is 113 Å². The van der Waals surface area contributed by atoms with E-state index in [2.05, 4.69) is 26.1 Å². The molecule has 2 rings (SSSR count). The van der Waals surface area contributed by atoms with Crippen LogP contribution in [0.25, 0.3) is 0 Å². The third-order valence-electron chi connectivity index (χ3n) is 3.47. The molecule has 1 aliphatic heterocycles. The summed E-state index contributed by atoms with van der Waals surface area (Å²) in [5.74, 6) is -0.293. The largest absolute Gasteiger partial charge is 0.373 e. The van der Waals surface area contributed by atoms with Crippen molar-refractivity contribution in [2.45, 2.75) is 38.6 Å². The van der Waals surface area contributed by atoms with Gasteiger partial charge in [-0.2, -0.15) is 0 Å². The van der Waals surface area contributed by atoms with Crippen LogP contribution >= 0.6 is 0 Å².